The number of fused-ring (bicyclic) bond motifs is 1. The number of carbonyl (C=O) groups excluding carboxylic acids is 1. The van der Waals surface area contributed by atoms with E-state index in [9.17, 15) is 4.79 Å². The first-order valence-electron chi connectivity index (χ1n) is 10.2. The summed E-state index contributed by atoms with van der Waals surface area (Å²) in [5.74, 6) is 1.22. The summed E-state index contributed by atoms with van der Waals surface area (Å²) in [6.07, 6.45) is 7.17. The van der Waals surface area contributed by atoms with Crippen LogP contribution in [-0.4, -0.2) is 44.5 Å². The molecule has 0 saturated carbocycles. The van der Waals surface area contributed by atoms with E-state index in [1.54, 1.807) is 11.3 Å². The molecule has 0 unspecified atom stereocenters. The van der Waals surface area contributed by atoms with Gasteiger partial charge >= 0.3 is 0 Å². The van der Waals surface area contributed by atoms with E-state index in [0.717, 1.165) is 40.3 Å². The molecule has 1 saturated heterocycles. The topological polar surface area (TPSA) is 72.3 Å². The summed E-state index contributed by atoms with van der Waals surface area (Å²) in [7, 11) is 0. The standard InChI is InChI=1S/C22H27N5O2S/c1-5-20(28)27-9-6-7-16(27)13-29-21-17-8-10-26(14(2)3)18(17)11-19(24-21)25-22-23-12-15(4)30-22/h5,8,10-12,14,16H,1,6-7,9,13H2,2-4H3,(H,23,24,25)/t16-/m0/s1. The highest BCUT2D eigenvalue weighted by Gasteiger charge is 2.28. The number of amides is 1. The Balaban J connectivity index is 1.63. The Morgan fingerprint density at radius 3 is 3.03 bits per heavy atom. The molecule has 8 heteroatoms. The van der Waals surface area contributed by atoms with E-state index in [-0.39, 0.29) is 11.9 Å². The molecule has 0 radical (unpaired) electrons. The number of hydrogen-bond acceptors (Lipinski definition) is 6. The van der Waals surface area contributed by atoms with E-state index in [4.69, 9.17) is 9.72 Å². The minimum atomic E-state index is -0.0419. The van der Waals surface area contributed by atoms with Crippen LogP contribution in [0.5, 0.6) is 5.88 Å². The fourth-order valence-electron chi connectivity index (χ4n) is 3.86. The number of pyridine rings is 1. The molecule has 0 aliphatic carbocycles. The summed E-state index contributed by atoms with van der Waals surface area (Å²) in [5.41, 5.74) is 1.05. The molecule has 3 aromatic heterocycles. The van der Waals surface area contributed by atoms with Gasteiger partial charge in [-0.2, -0.15) is 4.98 Å². The normalized spacial score (nSPS) is 16.4. The Labute approximate surface area is 180 Å². The number of rotatable bonds is 7. The lowest BCUT2D eigenvalue weighted by molar-refractivity contribution is -0.127. The quantitative estimate of drug-likeness (QED) is 0.557. The van der Waals surface area contributed by atoms with Crippen molar-refractivity contribution in [3.63, 3.8) is 0 Å². The number of thiazole rings is 1. The second-order valence-corrected chi connectivity index (χ2v) is 9.04. The van der Waals surface area contributed by atoms with E-state index >= 15 is 0 Å². The third-order valence-electron chi connectivity index (χ3n) is 5.34. The summed E-state index contributed by atoms with van der Waals surface area (Å²) >= 11 is 1.58. The first-order valence-corrected chi connectivity index (χ1v) is 11.0. The van der Waals surface area contributed by atoms with Crippen molar-refractivity contribution in [3.05, 3.63) is 42.1 Å². The molecule has 1 atom stereocenters. The molecule has 4 heterocycles. The molecule has 0 aromatic carbocycles. The predicted molar refractivity (Wildman–Crippen MR) is 121 cm³/mol. The Kier molecular flexibility index (Phi) is 5.76. The summed E-state index contributed by atoms with van der Waals surface area (Å²) in [6.45, 7) is 11.1. The molecule has 4 rings (SSSR count). The van der Waals surface area contributed by atoms with Crippen molar-refractivity contribution in [3.8, 4) is 5.88 Å². The molecule has 7 nitrogen and oxygen atoms in total. The van der Waals surface area contributed by atoms with Crippen LogP contribution in [0.1, 0.15) is 37.6 Å². The lowest BCUT2D eigenvalue weighted by Crippen LogP contribution is -2.38. The highest BCUT2D eigenvalue weighted by Crippen LogP contribution is 2.32. The second kappa shape index (κ2) is 8.47. The number of nitrogens with one attached hydrogen (secondary N) is 1. The lowest BCUT2D eigenvalue weighted by Gasteiger charge is -2.23. The first kappa shape index (κ1) is 20.4. The maximum absolute atomic E-state index is 12.1. The van der Waals surface area contributed by atoms with Gasteiger partial charge in [-0.1, -0.05) is 6.58 Å². The van der Waals surface area contributed by atoms with Crippen LogP contribution in [0.4, 0.5) is 10.9 Å². The minimum Gasteiger partial charge on any atom is -0.475 e. The Hall–Kier alpha value is -2.87. The number of hydrogen-bond donors (Lipinski definition) is 1. The Bertz CT molecular complexity index is 1070. The number of anilines is 2. The molecule has 1 N–H and O–H groups in total. The minimum absolute atomic E-state index is 0.0396. The molecule has 158 valence electrons. The van der Waals surface area contributed by atoms with Crippen molar-refractivity contribution >= 4 is 39.1 Å². The molecule has 0 spiro atoms. The van der Waals surface area contributed by atoms with E-state index in [0.29, 0.717) is 24.3 Å². The van der Waals surface area contributed by atoms with Gasteiger partial charge < -0.3 is 19.5 Å². The van der Waals surface area contributed by atoms with Gasteiger partial charge in [-0.25, -0.2) is 4.98 Å². The van der Waals surface area contributed by atoms with Gasteiger partial charge in [-0.15, -0.1) is 11.3 Å². The molecular weight excluding hydrogens is 398 g/mol. The van der Waals surface area contributed by atoms with Gasteiger partial charge in [-0.3, -0.25) is 4.79 Å². The molecule has 3 aromatic rings. The van der Waals surface area contributed by atoms with Crippen molar-refractivity contribution in [2.45, 2.75) is 45.7 Å². The van der Waals surface area contributed by atoms with Gasteiger partial charge in [0.05, 0.1) is 16.9 Å². The van der Waals surface area contributed by atoms with Gasteiger partial charge in [0.15, 0.2) is 5.13 Å². The number of nitrogens with zero attached hydrogens (tertiary/aromatic N) is 4. The van der Waals surface area contributed by atoms with Crippen LogP contribution in [0, 0.1) is 6.92 Å². The van der Waals surface area contributed by atoms with Crippen LogP contribution < -0.4 is 10.1 Å². The first-order chi connectivity index (χ1) is 14.5. The summed E-state index contributed by atoms with van der Waals surface area (Å²) in [5, 5.41) is 5.06. The number of likely N-dealkylation sites (tertiary alicyclic amines) is 1. The van der Waals surface area contributed by atoms with Crippen LogP contribution in [-0.2, 0) is 4.79 Å². The fourth-order valence-corrected chi connectivity index (χ4v) is 4.53. The number of ether oxygens (including phenoxy) is 1. The summed E-state index contributed by atoms with van der Waals surface area (Å²) < 4.78 is 8.39. The van der Waals surface area contributed by atoms with E-state index < -0.39 is 0 Å². The van der Waals surface area contributed by atoms with E-state index in [2.05, 4.69) is 41.5 Å². The second-order valence-electron chi connectivity index (χ2n) is 7.81. The van der Waals surface area contributed by atoms with Crippen molar-refractivity contribution < 1.29 is 9.53 Å². The average molecular weight is 426 g/mol. The van der Waals surface area contributed by atoms with Crippen LogP contribution in [0.15, 0.2) is 37.2 Å². The van der Waals surface area contributed by atoms with E-state index in [1.165, 1.54) is 6.08 Å². The molecule has 0 bridgehead atoms. The third-order valence-corrected chi connectivity index (χ3v) is 6.17. The largest absolute Gasteiger partial charge is 0.475 e. The summed E-state index contributed by atoms with van der Waals surface area (Å²) in [4.78, 5) is 24.2. The molecule has 1 aliphatic rings. The maximum Gasteiger partial charge on any atom is 0.246 e. The van der Waals surface area contributed by atoms with Gasteiger partial charge in [0, 0.05) is 35.9 Å². The molecule has 30 heavy (non-hydrogen) atoms. The van der Waals surface area contributed by atoms with Crippen LogP contribution in [0.25, 0.3) is 10.9 Å². The van der Waals surface area contributed by atoms with Crippen molar-refractivity contribution in [1.82, 2.24) is 19.4 Å². The molecular formula is C22H27N5O2S. The van der Waals surface area contributed by atoms with Gasteiger partial charge in [0.25, 0.3) is 0 Å². The highest BCUT2D eigenvalue weighted by molar-refractivity contribution is 7.15. The third kappa shape index (κ3) is 4.05. The van der Waals surface area contributed by atoms with Gasteiger partial charge in [0.2, 0.25) is 11.8 Å². The molecule has 1 aliphatic heterocycles. The Morgan fingerprint density at radius 2 is 2.33 bits per heavy atom. The molecule has 1 amide bonds. The SMILES string of the molecule is C=CC(=O)N1CCC[C@H]1COc1nc(Nc2ncc(C)s2)cc2c1ccn2C(C)C. The van der Waals surface area contributed by atoms with Crippen molar-refractivity contribution in [2.24, 2.45) is 0 Å². The van der Waals surface area contributed by atoms with Crippen LogP contribution >= 0.6 is 11.3 Å². The average Bonchev–Trinajstić information content (AvgIpc) is 3.45. The van der Waals surface area contributed by atoms with Gasteiger partial charge in [0.1, 0.15) is 12.4 Å². The molecule has 1 fully saturated rings. The monoisotopic (exact) mass is 425 g/mol. The Morgan fingerprint density at radius 1 is 1.50 bits per heavy atom. The highest BCUT2D eigenvalue weighted by atomic mass is 32.1. The summed E-state index contributed by atoms with van der Waals surface area (Å²) in [6, 6.07) is 4.42. The van der Waals surface area contributed by atoms with Crippen molar-refractivity contribution in [2.75, 3.05) is 18.5 Å². The lowest BCUT2D eigenvalue weighted by atomic mass is 10.2. The smallest absolute Gasteiger partial charge is 0.246 e. The van der Waals surface area contributed by atoms with Crippen LogP contribution in [0.2, 0.25) is 0 Å². The zero-order valence-corrected chi connectivity index (χ0v) is 18.4. The number of aryl methyl sites for hydroxylation is 1. The van der Waals surface area contributed by atoms with Crippen molar-refractivity contribution in [1.29, 1.82) is 0 Å². The predicted octanol–water partition coefficient (Wildman–Crippen LogP) is 4.68. The maximum atomic E-state index is 12.1. The number of aromatic nitrogens is 3. The fraction of sp³-hybridized carbons (Fsp3) is 0.409. The van der Waals surface area contributed by atoms with Gasteiger partial charge in [-0.05, 0) is 45.8 Å². The van der Waals surface area contributed by atoms with E-state index in [1.807, 2.05) is 30.2 Å². The zero-order chi connectivity index (χ0) is 21.3. The zero-order valence-electron chi connectivity index (χ0n) is 17.6. The van der Waals surface area contributed by atoms with Crippen LogP contribution in [0.3, 0.4) is 0 Å². The number of carbonyl (C=O) groups is 1.